The van der Waals surface area contributed by atoms with Crippen molar-refractivity contribution in [2.24, 2.45) is 0 Å². The molecule has 17 heavy (non-hydrogen) atoms. The summed E-state index contributed by atoms with van der Waals surface area (Å²) in [4.78, 5) is 32.9. The fourth-order valence-electron chi connectivity index (χ4n) is 1.11. The van der Waals surface area contributed by atoms with Crippen molar-refractivity contribution in [3.05, 3.63) is 18.7 Å². The van der Waals surface area contributed by atoms with E-state index in [1.807, 2.05) is 0 Å². The van der Waals surface area contributed by atoms with Crippen molar-refractivity contribution in [2.45, 2.75) is 11.6 Å². The van der Waals surface area contributed by atoms with E-state index in [0.717, 1.165) is 10.9 Å². The van der Waals surface area contributed by atoms with Gasteiger partial charge in [0, 0.05) is 19.5 Å². The average molecular weight is 285 g/mol. The normalized spacial score (nSPS) is 19.6. The number of aliphatic hydroxyl groups is 1. The summed E-state index contributed by atoms with van der Waals surface area (Å²) in [5.41, 5.74) is 0. The highest BCUT2D eigenvalue weighted by Gasteiger charge is 2.54. The first-order chi connectivity index (χ1) is 7.64. The van der Waals surface area contributed by atoms with Crippen LogP contribution in [0.25, 0.3) is 0 Å². The molecule has 0 radical (unpaired) electrons. The van der Waals surface area contributed by atoms with Crippen LogP contribution in [0, 0.1) is 0 Å². The van der Waals surface area contributed by atoms with Crippen molar-refractivity contribution in [3.63, 3.8) is 0 Å². The molecule has 0 aliphatic carbocycles. The van der Waals surface area contributed by atoms with E-state index < -0.39 is 26.8 Å². The lowest BCUT2D eigenvalue weighted by Crippen LogP contribution is -2.38. The number of hydrogen-bond donors (Lipinski definition) is 3. The molecule has 0 saturated heterocycles. The number of imidazole rings is 1. The number of nitrogens with zero attached hydrogens (tertiary/aromatic N) is 2. The monoisotopic (exact) mass is 285 g/mol. The van der Waals surface area contributed by atoms with E-state index in [1.54, 1.807) is 0 Å². The second-order valence-electron chi connectivity index (χ2n) is 3.23. The lowest BCUT2D eigenvalue weighted by molar-refractivity contribution is -0.209. The molecular formula is C6H11N2O7P2-. The Kier molecular flexibility index (Phi) is 3.95. The van der Waals surface area contributed by atoms with Crippen LogP contribution in [0.4, 0.5) is 0 Å². The number of hydrogen-bond acceptors (Lipinski definition) is 6. The molecule has 1 heterocycles. The molecule has 0 amide bonds. The Morgan fingerprint density at radius 3 is 2.47 bits per heavy atom. The van der Waals surface area contributed by atoms with Crippen LogP contribution in [-0.4, -0.2) is 36.6 Å². The van der Waals surface area contributed by atoms with Crippen LogP contribution < -0.4 is 4.89 Å². The third-order valence-corrected chi connectivity index (χ3v) is 6.19. The molecule has 0 bridgehead atoms. The van der Waals surface area contributed by atoms with Crippen LogP contribution in [0.1, 0.15) is 0 Å². The van der Waals surface area contributed by atoms with E-state index in [2.05, 4.69) is 9.51 Å². The van der Waals surface area contributed by atoms with Crippen molar-refractivity contribution < 1.29 is 33.4 Å². The molecule has 0 aliphatic heterocycles. The fraction of sp³-hybridized carbons (Fsp3) is 0.500. The molecule has 3 N–H and O–H groups in total. The molecule has 1 rings (SSSR count). The van der Waals surface area contributed by atoms with Crippen molar-refractivity contribution in [3.8, 4) is 0 Å². The van der Waals surface area contributed by atoms with Gasteiger partial charge < -0.3 is 33.4 Å². The molecule has 0 spiro atoms. The zero-order valence-electron chi connectivity index (χ0n) is 8.70. The minimum absolute atomic E-state index is 0.711. The predicted molar refractivity (Wildman–Crippen MR) is 53.8 cm³/mol. The molecule has 9 nitrogen and oxygen atoms in total. The molecule has 0 fully saturated rings. The van der Waals surface area contributed by atoms with Crippen molar-refractivity contribution in [1.82, 2.24) is 9.55 Å². The summed E-state index contributed by atoms with van der Waals surface area (Å²) < 4.78 is 27.6. The zero-order valence-corrected chi connectivity index (χ0v) is 10.5. The van der Waals surface area contributed by atoms with Gasteiger partial charge in [-0.1, -0.05) is 0 Å². The largest absolute Gasteiger partial charge is 0.776 e. The summed E-state index contributed by atoms with van der Waals surface area (Å²) in [6, 6.07) is 0. The van der Waals surface area contributed by atoms with Gasteiger partial charge in [-0.05, 0) is 0 Å². The lowest BCUT2D eigenvalue weighted by atomic mass is 10.6. The second-order valence-corrected chi connectivity index (χ2v) is 7.51. The third-order valence-electron chi connectivity index (χ3n) is 2.10. The Hall–Kier alpha value is -0.530. The summed E-state index contributed by atoms with van der Waals surface area (Å²) in [7, 11) is -9.81. The van der Waals surface area contributed by atoms with E-state index in [9.17, 15) is 19.1 Å². The van der Waals surface area contributed by atoms with Crippen molar-refractivity contribution in [1.29, 1.82) is 0 Å². The van der Waals surface area contributed by atoms with Crippen LogP contribution >= 0.6 is 15.2 Å². The molecule has 1 aromatic rings. The second kappa shape index (κ2) is 4.62. The molecule has 98 valence electrons. The van der Waals surface area contributed by atoms with Gasteiger partial charge in [0.25, 0.3) is 0 Å². The quantitative estimate of drug-likeness (QED) is 0.578. The Balaban J connectivity index is 3.22. The van der Waals surface area contributed by atoms with Gasteiger partial charge in [-0.3, -0.25) is 4.57 Å². The Bertz CT molecular complexity index is 469. The maximum Gasteiger partial charge on any atom is 0.367 e. The van der Waals surface area contributed by atoms with Gasteiger partial charge in [-0.25, -0.2) is 4.98 Å². The highest BCUT2D eigenvalue weighted by molar-refractivity contribution is 7.71. The first kappa shape index (κ1) is 14.5. The Labute approximate surface area is 96.4 Å². The molecule has 2 unspecified atom stereocenters. The van der Waals surface area contributed by atoms with Gasteiger partial charge in [0.1, 0.15) is 0 Å². The fourth-order valence-corrected chi connectivity index (χ4v) is 3.61. The Morgan fingerprint density at radius 2 is 2.12 bits per heavy atom. The smallest absolute Gasteiger partial charge is 0.367 e. The van der Waals surface area contributed by atoms with Gasteiger partial charge in [-0.15, -0.1) is 0 Å². The first-order valence-electron chi connectivity index (χ1n) is 4.25. The van der Waals surface area contributed by atoms with Gasteiger partial charge in [0.15, 0.2) is 7.60 Å². The predicted octanol–water partition coefficient (Wildman–Crippen LogP) is -1.09. The molecule has 11 heteroatoms. The lowest BCUT2D eigenvalue weighted by Gasteiger charge is -2.38. The highest BCUT2D eigenvalue weighted by atomic mass is 31.2. The summed E-state index contributed by atoms with van der Waals surface area (Å²) in [6.45, 7) is -0.883. The maximum atomic E-state index is 11.4. The van der Waals surface area contributed by atoms with Crippen molar-refractivity contribution in [2.75, 3.05) is 7.11 Å². The zero-order chi connectivity index (χ0) is 13.3. The molecule has 0 aliphatic rings. The van der Waals surface area contributed by atoms with Gasteiger partial charge in [-0.2, -0.15) is 0 Å². The molecule has 0 saturated carbocycles. The van der Waals surface area contributed by atoms with Crippen LogP contribution in [0.3, 0.4) is 0 Å². The van der Waals surface area contributed by atoms with Crippen LogP contribution in [0.15, 0.2) is 18.7 Å². The minimum Gasteiger partial charge on any atom is -0.776 e. The van der Waals surface area contributed by atoms with E-state index >= 15 is 0 Å². The summed E-state index contributed by atoms with van der Waals surface area (Å²) in [5, 5.41) is 6.41. The van der Waals surface area contributed by atoms with E-state index in [1.165, 1.54) is 12.4 Å². The molecule has 2 atom stereocenters. The molecule has 0 aromatic carbocycles. The van der Waals surface area contributed by atoms with E-state index in [4.69, 9.17) is 9.79 Å². The van der Waals surface area contributed by atoms with Gasteiger partial charge >= 0.3 is 7.60 Å². The summed E-state index contributed by atoms with van der Waals surface area (Å²) in [6.07, 6.45) is 3.62. The SMILES string of the molecule is COP(=O)([O-])C(O)(Cn1ccnc1)P(=O)(O)O. The standard InChI is InChI=1S/C6H12N2O7P2/c1-15-17(13,14)6(9,16(10,11)12)4-8-3-2-7-5-8/h2-3,5,9H,4H2,1H3,(H,13,14)(H2,10,11,12)/p-1. The van der Waals surface area contributed by atoms with Crippen LogP contribution in [0.5, 0.6) is 0 Å². The minimum atomic E-state index is -5.36. The van der Waals surface area contributed by atoms with Crippen molar-refractivity contribution >= 4 is 15.2 Å². The van der Waals surface area contributed by atoms with Gasteiger partial charge in [0.2, 0.25) is 5.08 Å². The maximum absolute atomic E-state index is 11.4. The number of aromatic nitrogens is 2. The third kappa shape index (κ3) is 2.66. The van der Waals surface area contributed by atoms with Gasteiger partial charge in [0.05, 0.1) is 12.9 Å². The van der Waals surface area contributed by atoms with Crippen LogP contribution in [-0.2, 0) is 20.2 Å². The van der Waals surface area contributed by atoms with E-state index in [-0.39, 0.29) is 0 Å². The molecular weight excluding hydrogens is 274 g/mol. The Morgan fingerprint density at radius 1 is 1.53 bits per heavy atom. The van der Waals surface area contributed by atoms with E-state index in [0.29, 0.717) is 7.11 Å². The summed E-state index contributed by atoms with van der Waals surface area (Å²) >= 11 is 0. The topological polar surface area (TPSA) is 145 Å². The number of rotatable bonds is 5. The first-order valence-corrected chi connectivity index (χ1v) is 7.40. The highest BCUT2D eigenvalue weighted by Crippen LogP contribution is 2.68. The summed E-state index contributed by atoms with van der Waals surface area (Å²) in [5.74, 6) is 0. The van der Waals surface area contributed by atoms with Crippen LogP contribution in [0.2, 0.25) is 0 Å². The average Bonchev–Trinajstić information content (AvgIpc) is 2.68. The molecule has 1 aromatic heterocycles.